The van der Waals surface area contributed by atoms with Crippen LogP contribution in [0.4, 0.5) is 29.3 Å². The summed E-state index contributed by atoms with van der Waals surface area (Å²) in [5.74, 6) is 0. The van der Waals surface area contributed by atoms with Gasteiger partial charge in [0, 0.05) is 5.69 Å². The number of urea groups is 1. The minimum atomic E-state index is -4.53. The van der Waals surface area contributed by atoms with E-state index in [0.717, 1.165) is 11.6 Å². The molecule has 0 saturated carbocycles. The normalized spacial score (nSPS) is 11.9. The smallest absolute Gasteiger partial charge is 0.307 e. The summed E-state index contributed by atoms with van der Waals surface area (Å²) in [6.07, 6.45) is -4.53. The zero-order valence-corrected chi connectivity index (χ0v) is 13.7. The molecule has 2 aromatic carbocycles. The van der Waals surface area contributed by atoms with Crippen LogP contribution >= 0.6 is 0 Å². The van der Waals surface area contributed by atoms with Crippen LogP contribution in [0.15, 0.2) is 48.5 Å². The Labute approximate surface area is 138 Å². The number of carbonyl (C=O) groups is 1. The highest BCUT2D eigenvalue weighted by molar-refractivity contribution is 6.00. The number of carbonyl (C=O) groups excluding carboxylic acids is 1. The molecule has 0 aliphatic carbocycles. The summed E-state index contributed by atoms with van der Waals surface area (Å²) >= 11 is 0. The van der Waals surface area contributed by atoms with Crippen LogP contribution in [0.25, 0.3) is 0 Å². The van der Waals surface area contributed by atoms with Gasteiger partial charge in [0.05, 0.1) is 11.3 Å². The molecule has 2 rings (SSSR count). The number of anilines is 2. The van der Waals surface area contributed by atoms with Crippen molar-refractivity contribution < 1.29 is 18.0 Å². The van der Waals surface area contributed by atoms with E-state index in [4.69, 9.17) is 0 Å². The van der Waals surface area contributed by atoms with E-state index >= 15 is 0 Å². The number of nitrogens with one attached hydrogen (secondary N) is 2. The molecular weight excluding hydrogens is 317 g/mol. The van der Waals surface area contributed by atoms with E-state index in [1.807, 2.05) is 32.9 Å². The fourth-order valence-electron chi connectivity index (χ4n) is 2.36. The summed E-state index contributed by atoms with van der Waals surface area (Å²) < 4.78 is 38.9. The van der Waals surface area contributed by atoms with Crippen LogP contribution in [0.3, 0.4) is 0 Å². The van der Waals surface area contributed by atoms with Crippen LogP contribution in [0, 0.1) is 0 Å². The van der Waals surface area contributed by atoms with Crippen molar-refractivity contribution in [3.05, 3.63) is 59.7 Å². The monoisotopic (exact) mass is 336 g/mol. The van der Waals surface area contributed by atoms with Gasteiger partial charge >= 0.3 is 12.2 Å². The molecule has 0 spiro atoms. The molecule has 6 heteroatoms. The van der Waals surface area contributed by atoms with Gasteiger partial charge in [-0.1, -0.05) is 51.1 Å². The molecule has 0 fully saturated rings. The topological polar surface area (TPSA) is 41.1 Å². The number of rotatable bonds is 2. The molecule has 0 unspecified atom stereocenters. The zero-order chi connectivity index (χ0) is 18.0. The van der Waals surface area contributed by atoms with Gasteiger partial charge < -0.3 is 10.6 Å². The van der Waals surface area contributed by atoms with Crippen molar-refractivity contribution in [3.8, 4) is 0 Å². The second kappa shape index (κ2) is 6.55. The van der Waals surface area contributed by atoms with Crippen LogP contribution in [0.1, 0.15) is 31.9 Å². The SMILES string of the molecule is CC(C)(C)c1ccccc1NC(=O)Nc1ccccc1C(F)(F)F. The highest BCUT2D eigenvalue weighted by atomic mass is 19.4. The summed E-state index contributed by atoms with van der Waals surface area (Å²) in [6.45, 7) is 5.97. The molecule has 0 aliphatic rings. The molecule has 0 radical (unpaired) electrons. The molecular formula is C18H19F3N2O. The second-order valence-electron chi connectivity index (χ2n) is 6.42. The lowest BCUT2D eigenvalue weighted by Crippen LogP contribution is -2.24. The Kier molecular flexibility index (Phi) is 4.87. The first-order chi connectivity index (χ1) is 11.1. The Morgan fingerprint density at radius 3 is 1.67 bits per heavy atom. The van der Waals surface area contributed by atoms with Crippen molar-refractivity contribution in [3.63, 3.8) is 0 Å². The summed E-state index contributed by atoms with van der Waals surface area (Å²) in [5.41, 5.74) is 0.0737. The molecule has 0 atom stereocenters. The van der Waals surface area contributed by atoms with Crippen LogP contribution in [0.2, 0.25) is 0 Å². The number of halogens is 3. The zero-order valence-electron chi connectivity index (χ0n) is 13.7. The number of benzene rings is 2. The molecule has 128 valence electrons. The maximum atomic E-state index is 13.0. The Morgan fingerprint density at radius 2 is 1.21 bits per heavy atom. The van der Waals surface area contributed by atoms with Gasteiger partial charge in [0.1, 0.15) is 0 Å². The first kappa shape index (κ1) is 17.8. The average molecular weight is 336 g/mol. The van der Waals surface area contributed by atoms with Crippen LogP contribution in [-0.2, 0) is 11.6 Å². The van der Waals surface area contributed by atoms with Crippen molar-refractivity contribution >= 4 is 17.4 Å². The lowest BCUT2D eigenvalue weighted by molar-refractivity contribution is -0.136. The lowest BCUT2D eigenvalue weighted by atomic mass is 9.86. The van der Waals surface area contributed by atoms with Crippen molar-refractivity contribution in [2.45, 2.75) is 32.4 Å². The third-order valence-electron chi connectivity index (χ3n) is 3.46. The first-order valence-electron chi connectivity index (χ1n) is 7.43. The van der Waals surface area contributed by atoms with Crippen molar-refractivity contribution in [1.29, 1.82) is 0 Å². The minimum absolute atomic E-state index is 0.215. The van der Waals surface area contributed by atoms with Gasteiger partial charge in [-0.3, -0.25) is 0 Å². The van der Waals surface area contributed by atoms with Crippen molar-refractivity contribution in [2.75, 3.05) is 10.6 Å². The van der Waals surface area contributed by atoms with Crippen molar-refractivity contribution in [2.24, 2.45) is 0 Å². The van der Waals surface area contributed by atoms with Gasteiger partial charge in [-0.25, -0.2) is 4.79 Å². The summed E-state index contributed by atoms with van der Waals surface area (Å²) in [6, 6.07) is 11.3. The van der Waals surface area contributed by atoms with E-state index < -0.39 is 17.8 Å². The maximum Gasteiger partial charge on any atom is 0.418 e. The number of hydrogen-bond acceptors (Lipinski definition) is 1. The fraction of sp³-hybridized carbons (Fsp3) is 0.278. The van der Waals surface area contributed by atoms with Gasteiger partial charge in [-0.05, 0) is 29.2 Å². The van der Waals surface area contributed by atoms with Gasteiger partial charge in [0.25, 0.3) is 0 Å². The van der Waals surface area contributed by atoms with Crippen molar-refractivity contribution in [1.82, 2.24) is 0 Å². The highest BCUT2D eigenvalue weighted by Gasteiger charge is 2.33. The largest absolute Gasteiger partial charge is 0.418 e. The minimum Gasteiger partial charge on any atom is -0.307 e. The Hall–Kier alpha value is -2.50. The third-order valence-corrected chi connectivity index (χ3v) is 3.46. The third kappa shape index (κ3) is 4.28. The molecule has 0 aromatic heterocycles. The predicted octanol–water partition coefficient (Wildman–Crippen LogP) is 5.65. The van der Waals surface area contributed by atoms with Gasteiger partial charge in [0.15, 0.2) is 0 Å². The lowest BCUT2D eigenvalue weighted by Gasteiger charge is -2.23. The molecule has 0 bridgehead atoms. The summed E-state index contributed by atoms with van der Waals surface area (Å²) in [4.78, 5) is 12.2. The Bertz CT molecular complexity index is 672. The highest BCUT2D eigenvalue weighted by Crippen LogP contribution is 2.35. The van der Waals surface area contributed by atoms with E-state index in [9.17, 15) is 18.0 Å². The molecule has 2 aromatic rings. The summed E-state index contributed by atoms with van der Waals surface area (Å²) in [5, 5.41) is 4.90. The Morgan fingerprint density at radius 1 is 0.792 bits per heavy atom. The van der Waals surface area contributed by atoms with E-state index in [2.05, 4.69) is 10.6 Å². The fourth-order valence-corrected chi connectivity index (χ4v) is 2.36. The number of amides is 2. The van der Waals surface area contributed by atoms with Crippen LogP contribution < -0.4 is 10.6 Å². The van der Waals surface area contributed by atoms with Crippen LogP contribution in [-0.4, -0.2) is 6.03 Å². The van der Waals surface area contributed by atoms with Gasteiger partial charge in [0.2, 0.25) is 0 Å². The van der Waals surface area contributed by atoms with E-state index in [1.165, 1.54) is 18.2 Å². The van der Waals surface area contributed by atoms with E-state index in [0.29, 0.717) is 5.69 Å². The molecule has 3 nitrogen and oxygen atoms in total. The number of hydrogen-bond donors (Lipinski definition) is 2. The summed E-state index contributed by atoms with van der Waals surface area (Å²) in [7, 11) is 0. The standard InChI is InChI=1S/C18H19F3N2O/c1-17(2,3)12-8-4-6-10-14(12)22-16(24)23-15-11-7-5-9-13(15)18(19,20)21/h4-11H,1-3H3,(H2,22,23,24). The van der Waals surface area contributed by atoms with Gasteiger partial charge in [-0.2, -0.15) is 13.2 Å². The predicted molar refractivity (Wildman–Crippen MR) is 89.2 cm³/mol. The second-order valence-corrected chi connectivity index (χ2v) is 6.42. The average Bonchev–Trinajstić information content (AvgIpc) is 2.46. The molecule has 24 heavy (non-hydrogen) atoms. The molecule has 2 amide bonds. The molecule has 0 heterocycles. The first-order valence-corrected chi connectivity index (χ1v) is 7.43. The number of alkyl halides is 3. The quantitative estimate of drug-likeness (QED) is 0.731. The molecule has 2 N–H and O–H groups in total. The van der Waals surface area contributed by atoms with E-state index in [1.54, 1.807) is 12.1 Å². The van der Waals surface area contributed by atoms with E-state index in [-0.39, 0.29) is 11.1 Å². The molecule has 0 aliphatic heterocycles. The molecule has 0 saturated heterocycles. The van der Waals surface area contributed by atoms with Crippen LogP contribution in [0.5, 0.6) is 0 Å². The Balaban J connectivity index is 2.22. The number of para-hydroxylation sites is 2. The van der Waals surface area contributed by atoms with Gasteiger partial charge in [-0.15, -0.1) is 0 Å². The maximum absolute atomic E-state index is 13.0.